The zero-order chi connectivity index (χ0) is 9.26. The van der Waals surface area contributed by atoms with Crippen molar-refractivity contribution in [2.24, 2.45) is 7.05 Å². The first kappa shape index (κ1) is 8.37. The van der Waals surface area contributed by atoms with E-state index < -0.39 is 0 Å². The molecule has 5 heteroatoms. The quantitative estimate of drug-likeness (QED) is 0.759. The van der Waals surface area contributed by atoms with Gasteiger partial charge in [0, 0.05) is 17.7 Å². The Morgan fingerprint density at radius 2 is 2.15 bits per heavy atom. The summed E-state index contributed by atoms with van der Waals surface area (Å²) in [5, 5.41) is 4.14. The number of aromatic nitrogens is 4. The molecule has 0 aliphatic heterocycles. The number of aryl methyl sites for hydroxylation is 1. The van der Waals surface area contributed by atoms with Crippen LogP contribution in [0.15, 0.2) is 29.1 Å². The van der Waals surface area contributed by atoms with Gasteiger partial charge >= 0.3 is 0 Å². The molecule has 13 heavy (non-hydrogen) atoms. The minimum Gasteiger partial charge on any atom is -0.255 e. The van der Waals surface area contributed by atoms with E-state index in [0.29, 0.717) is 5.82 Å². The Bertz CT molecular complexity index is 406. The molecule has 0 aliphatic rings. The van der Waals surface area contributed by atoms with Crippen LogP contribution in [0.1, 0.15) is 0 Å². The summed E-state index contributed by atoms with van der Waals surface area (Å²) >= 11 is 3.31. The predicted octanol–water partition coefficient (Wildman–Crippen LogP) is 1.64. The molecule has 0 N–H and O–H groups in total. The van der Waals surface area contributed by atoms with Crippen molar-refractivity contribution in [3.05, 3.63) is 29.1 Å². The van der Waals surface area contributed by atoms with Gasteiger partial charge in [-0.3, -0.25) is 9.67 Å². The summed E-state index contributed by atoms with van der Waals surface area (Å²) in [6.07, 6.45) is 3.38. The number of halogens is 1. The Labute approximate surface area is 83.8 Å². The Kier molecular flexibility index (Phi) is 2.10. The first-order valence-corrected chi connectivity index (χ1v) is 4.52. The minimum absolute atomic E-state index is 0.648. The van der Waals surface area contributed by atoms with Crippen LogP contribution in [0, 0.1) is 0 Å². The summed E-state index contributed by atoms with van der Waals surface area (Å²) in [6, 6.07) is 3.79. The van der Waals surface area contributed by atoms with Gasteiger partial charge in [0.05, 0.1) is 0 Å². The highest BCUT2D eigenvalue weighted by atomic mass is 79.9. The molecule has 2 aromatic rings. The van der Waals surface area contributed by atoms with E-state index in [1.165, 1.54) is 0 Å². The van der Waals surface area contributed by atoms with Crippen molar-refractivity contribution in [2.75, 3.05) is 0 Å². The number of hydrogen-bond donors (Lipinski definition) is 0. The normalized spacial score (nSPS) is 10.3. The van der Waals surface area contributed by atoms with Gasteiger partial charge in [0.2, 0.25) is 0 Å². The van der Waals surface area contributed by atoms with Crippen LogP contribution in [0.25, 0.3) is 11.5 Å². The monoisotopic (exact) mass is 238 g/mol. The molecule has 0 amide bonds. The predicted molar refractivity (Wildman–Crippen MR) is 51.9 cm³/mol. The third-order valence-corrected chi connectivity index (χ3v) is 2.03. The summed E-state index contributed by atoms with van der Waals surface area (Å²) < 4.78 is 2.60. The van der Waals surface area contributed by atoms with E-state index in [1.807, 2.05) is 19.2 Å². The summed E-state index contributed by atoms with van der Waals surface area (Å²) in [5.74, 6) is 0.648. The number of hydrogen-bond acceptors (Lipinski definition) is 3. The summed E-state index contributed by atoms with van der Waals surface area (Å²) in [7, 11) is 1.83. The van der Waals surface area contributed by atoms with Gasteiger partial charge in [0.15, 0.2) is 5.82 Å². The smallest absolute Gasteiger partial charge is 0.199 e. The maximum atomic E-state index is 4.18. The summed E-state index contributed by atoms with van der Waals surface area (Å²) in [6.45, 7) is 0. The Balaban J connectivity index is 2.41. The van der Waals surface area contributed by atoms with Gasteiger partial charge in [-0.2, -0.15) is 0 Å². The minimum atomic E-state index is 0.648. The number of rotatable bonds is 1. The average molecular weight is 239 g/mol. The van der Waals surface area contributed by atoms with Gasteiger partial charge in [-0.1, -0.05) is 0 Å². The molecule has 2 rings (SSSR count). The SMILES string of the molecule is Cn1cnc(-c2ccc(Br)cn2)n1. The Morgan fingerprint density at radius 1 is 1.31 bits per heavy atom. The van der Waals surface area contributed by atoms with E-state index in [9.17, 15) is 0 Å². The topological polar surface area (TPSA) is 43.6 Å². The molecule has 0 spiro atoms. The number of pyridine rings is 1. The second kappa shape index (κ2) is 3.26. The highest BCUT2D eigenvalue weighted by molar-refractivity contribution is 9.10. The molecule has 0 unspecified atom stereocenters. The van der Waals surface area contributed by atoms with Gasteiger partial charge in [0.25, 0.3) is 0 Å². The molecule has 0 atom stereocenters. The van der Waals surface area contributed by atoms with Crippen molar-refractivity contribution >= 4 is 15.9 Å². The fraction of sp³-hybridized carbons (Fsp3) is 0.125. The second-order valence-electron chi connectivity index (χ2n) is 2.60. The fourth-order valence-corrected chi connectivity index (χ4v) is 1.20. The van der Waals surface area contributed by atoms with Gasteiger partial charge in [-0.25, -0.2) is 4.98 Å². The van der Waals surface area contributed by atoms with E-state index in [1.54, 1.807) is 17.2 Å². The number of nitrogens with zero attached hydrogens (tertiary/aromatic N) is 4. The van der Waals surface area contributed by atoms with Gasteiger partial charge in [-0.05, 0) is 28.1 Å². The van der Waals surface area contributed by atoms with Gasteiger partial charge in [0.1, 0.15) is 12.0 Å². The Morgan fingerprint density at radius 3 is 2.69 bits per heavy atom. The lowest BCUT2D eigenvalue weighted by Crippen LogP contribution is -1.89. The maximum Gasteiger partial charge on any atom is 0.199 e. The van der Waals surface area contributed by atoms with Crippen molar-refractivity contribution in [2.45, 2.75) is 0 Å². The molecule has 0 radical (unpaired) electrons. The van der Waals surface area contributed by atoms with Crippen molar-refractivity contribution in [1.82, 2.24) is 19.7 Å². The van der Waals surface area contributed by atoms with E-state index >= 15 is 0 Å². The van der Waals surface area contributed by atoms with Gasteiger partial charge in [-0.15, -0.1) is 5.10 Å². The maximum absolute atomic E-state index is 4.18. The largest absolute Gasteiger partial charge is 0.255 e. The van der Waals surface area contributed by atoms with Crippen LogP contribution in [0.3, 0.4) is 0 Å². The molecule has 2 heterocycles. The average Bonchev–Trinajstić information content (AvgIpc) is 2.53. The molecule has 0 bridgehead atoms. The first-order chi connectivity index (χ1) is 6.25. The van der Waals surface area contributed by atoms with Gasteiger partial charge < -0.3 is 0 Å². The lowest BCUT2D eigenvalue weighted by Gasteiger charge is -1.93. The van der Waals surface area contributed by atoms with Crippen LogP contribution < -0.4 is 0 Å². The molecule has 66 valence electrons. The van der Waals surface area contributed by atoms with Crippen molar-refractivity contribution in [1.29, 1.82) is 0 Å². The zero-order valence-electron chi connectivity index (χ0n) is 6.98. The molecule has 4 nitrogen and oxygen atoms in total. The standard InChI is InChI=1S/C8H7BrN4/c1-13-5-11-8(12-13)7-3-2-6(9)4-10-7/h2-5H,1H3. The fourth-order valence-electron chi connectivity index (χ4n) is 0.965. The molecule has 0 saturated heterocycles. The van der Waals surface area contributed by atoms with Crippen molar-refractivity contribution in [3.63, 3.8) is 0 Å². The van der Waals surface area contributed by atoms with Crippen LogP contribution in [0.4, 0.5) is 0 Å². The van der Waals surface area contributed by atoms with E-state index in [0.717, 1.165) is 10.2 Å². The van der Waals surface area contributed by atoms with E-state index in [4.69, 9.17) is 0 Å². The molecule has 0 saturated carbocycles. The molecule has 0 aromatic carbocycles. The molecule has 0 aliphatic carbocycles. The molecule has 0 fully saturated rings. The highest BCUT2D eigenvalue weighted by Crippen LogP contribution is 2.13. The lowest BCUT2D eigenvalue weighted by atomic mass is 10.3. The molecular weight excluding hydrogens is 232 g/mol. The highest BCUT2D eigenvalue weighted by Gasteiger charge is 2.02. The lowest BCUT2D eigenvalue weighted by molar-refractivity contribution is 0.767. The zero-order valence-corrected chi connectivity index (χ0v) is 8.56. The van der Waals surface area contributed by atoms with Crippen LogP contribution in [-0.2, 0) is 7.05 Å². The van der Waals surface area contributed by atoms with Crippen LogP contribution in [-0.4, -0.2) is 19.7 Å². The van der Waals surface area contributed by atoms with Crippen LogP contribution >= 0.6 is 15.9 Å². The Hall–Kier alpha value is -1.23. The third-order valence-electron chi connectivity index (χ3n) is 1.56. The van der Waals surface area contributed by atoms with Crippen LogP contribution in [0.2, 0.25) is 0 Å². The van der Waals surface area contributed by atoms with E-state index in [2.05, 4.69) is 31.0 Å². The molecule has 2 aromatic heterocycles. The second-order valence-corrected chi connectivity index (χ2v) is 3.52. The van der Waals surface area contributed by atoms with E-state index in [-0.39, 0.29) is 0 Å². The van der Waals surface area contributed by atoms with Crippen LogP contribution in [0.5, 0.6) is 0 Å². The molecular formula is C8H7BrN4. The first-order valence-electron chi connectivity index (χ1n) is 3.73. The van der Waals surface area contributed by atoms with Crippen molar-refractivity contribution < 1.29 is 0 Å². The summed E-state index contributed by atoms with van der Waals surface area (Å²) in [5.41, 5.74) is 0.781. The van der Waals surface area contributed by atoms with Crippen molar-refractivity contribution in [3.8, 4) is 11.5 Å². The summed E-state index contributed by atoms with van der Waals surface area (Å²) in [4.78, 5) is 8.27. The third kappa shape index (κ3) is 1.75.